The fraction of sp³-hybridized carbons (Fsp3) is 0.417. The summed E-state index contributed by atoms with van der Waals surface area (Å²) in [5.74, 6) is 1.57. The largest absolute Gasteiger partial charge is 0.493 e. The topological polar surface area (TPSA) is 30.5 Å². The summed E-state index contributed by atoms with van der Waals surface area (Å²) >= 11 is 0. The molecule has 0 spiro atoms. The standard InChI is InChI=1S/C24H31NO2/c1-19-8-10-21(11-9-19)18-27-23-13-12-22(16-24(23)26-2)17-25-15-14-20-6-4-3-5-7-20/h6,8-13,16,25H,3-5,7,14-15,17-18H2,1-2H3. The van der Waals surface area contributed by atoms with E-state index in [0.717, 1.165) is 36.6 Å². The lowest BCUT2D eigenvalue weighted by Crippen LogP contribution is -2.15. The van der Waals surface area contributed by atoms with E-state index < -0.39 is 0 Å². The highest BCUT2D eigenvalue weighted by Crippen LogP contribution is 2.29. The van der Waals surface area contributed by atoms with Crippen LogP contribution in [0.4, 0.5) is 0 Å². The third kappa shape index (κ3) is 6.14. The number of benzene rings is 2. The molecule has 0 saturated heterocycles. The lowest BCUT2D eigenvalue weighted by Gasteiger charge is -2.14. The van der Waals surface area contributed by atoms with Gasteiger partial charge in [-0.05, 0) is 68.8 Å². The van der Waals surface area contributed by atoms with Crippen LogP contribution in [0, 0.1) is 6.92 Å². The van der Waals surface area contributed by atoms with E-state index in [-0.39, 0.29) is 0 Å². The van der Waals surface area contributed by atoms with Crippen LogP contribution in [0.25, 0.3) is 0 Å². The van der Waals surface area contributed by atoms with Crippen molar-refractivity contribution in [1.29, 1.82) is 0 Å². The molecule has 2 aromatic carbocycles. The summed E-state index contributed by atoms with van der Waals surface area (Å²) < 4.78 is 11.5. The molecule has 0 heterocycles. The first-order valence-corrected chi connectivity index (χ1v) is 9.98. The summed E-state index contributed by atoms with van der Waals surface area (Å²) in [6.45, 7) is 4.51. The minimum absolute atomic E-state index is 0.545. The van der Waals surface area contributed by atoms with Gasteiger partial charge in [0.2, 0.25) is 0 Å². The maximum absolute atomic E-state index is 5.96. The summed E-state index contributed by atoms with van der Waals surface area (Å²) in [6, 6.07) is 14.6. The molecule has 3 nitrogen and oxygen atoms in total. The lowest BCUT2D eigenvalue weighted by molar-refractivity contribution is 0.284. The van der Waals surface area contributed by atoms with Gasteiger partial charge in [0.1, 0.15) is 6.61 Å². The Morgan fingerprint density at radius 2 is 1.78 bits per heavy atom. The Morgan fingerprint density at radius 3 is 2.52 bits per heavy atom. The molecule has 0 atom stereocenters. The van der Waals surface area contributed by atoms with E-state index in [4.69, 9.17) is 9.47 Å². The Labute approximate surface area is 163 Å². The molecule has 0 unspecified atom stereocenters. The van der Waals surface area contributed by atoms with Crippen LogP contribution in [0.2, 0.25) is 0 Å². The first kappa shape index (κ1) is 19.5. The van der Waals surface area contributed by atoms with Crippen molar-refractivity contribution in [3.63, 3.8) is 0 Å². The van der Waals surface area contributed by atoms with E-state index in [1.807, 2.05) is 6.07 Å². The Morgan fingerprint density at radius 1 is 0.963 bits per heavy atom. The highest BCUT2D eigenvalue weighted by Gasteiger charge is 2.07. The molecule has 0 aliphatic heterocycles. The molecule has 1 N–H and O–H groups in total. The molecule has 0 aromatic heterocycles. The van der Waals surface area contributed by atoms with Gasteiger partial charge in [-0.2, -0.15) is 0 Å². The molecule has 1 aliphatic rings. The van der Waals surface area contributed by atoms with E-state index in [1.54, 1.807) is 12.7 Å². The second-order valence-corrected chi connectivity index (χ2v) is 7.29. The van der Waals surface area contributed by atoms with Crippen molar-refractivity contribution in [2.45, 2.75) is 52.2 Å². The zero-order chi connectivity index (χ0) is 18.9. The van der Waals surface area contributed by atoms with Gasteiger partial charge in [-0.15, -0.1) is 0 Å². The predicted octanol–water partition coefficient (Wildman–Crippen LogP) is 5.56. The average Bonchev–Trinajstić information content (AvgIpc) is 2.72. The smallest absolute Gasteiger partial charge is 0.161 e. The van der Waals surface area contributed by atoms with Gasteiger partial charge in [0.15, 0.2) is 11.5 Å². The number of aryl methyl sites for hydroxylation is 1. The SMILES string of the molecule is COc1cc(CNCCC2=CCCCC2)ccc1OCc1ccc(C)cc1. The van der Waals surface area contributed by atoms with Crippen molar-refractivity contribution < 1.29 is 9.47 Å². The van der Waals surface area contributed by atoms with E-state index in [9.17, 15) is 0 Å². The fourth-order valence-corrected chi connectivity index (χ4v) is 3.40. The number of nitrogens with one attached hydrogen (secondary N) is 1. The Hall–Kier alpha value is -2.26. The Bertz CT molecular complexity index is 749. The summed E-state index contributed by atoms with van der Waals surface area (Å²) in [5.41, 5.74) is 5.25. The molecule has 3 heteroatoms. The zero-order valence-corrected chi connectivity index (χ0v) is 16.6. The van der Waals surface area contributed by atoms with Gasteiger partial charge in [-0.3, -0.25) is 0 Å². The number of allylic oxidation sites excluding steroid dienone is 1. The van der Waals surface area contributed by atoms with Gasteiger partial charge < -0.3 is 14.8 Å². The summed E-state index contributed by atoms with van der Waals surface area (Å²) in [7, 11) is 1.70. The van der Waals surface area contributed by atoms with Crippen LogP contribution in [0.1, 0.15) is 48.8 Å². The first-order valence-electron chi connectivity index (χ1n) is 9.98. The number of rotatable bonds is 9. The maximum atomic E-state index is 5.96. The highest BCUT2D eigenvalue weighted by atomic mass is 16.5. The maximum Gasteiger partial charge on any atom is 0.161 e. The first-order chi connectivity index (χ1) is 13.2. The molecule has 2 aromatic rings. The van der Waals surface area contributed by atoms with Gasteiger partial charge in [0.25, 0.3) is 0 Å². The van der Waals surface area contributed by atoms with Crippen LogP contribution in [0.5, 0.6) is 11.5 Å². The summed E-state index contributed by atoms with van der Waals surface area (Å²) in [4.78, 5) is 0. The molecule has 0 bridgehead atoms. The molecular formula is C24H31NO2. The van der Waals surface area contributed by atoms with Crippen molar-refractivity contribution in [3.8, 4) is 11.5 Å². The lowest BCUT2D eigenvalue weighted by atomic mass is 9.97. The van der Waals surface area contributed by atoms with Gasteiger partial charge in [-0.25, -0.2) is 0 Å². The second kappa shape index (κ2) is 10.2. The number of hydrogen-bond donors (Lipinski definition) is 1. The van der Waals surface area contributed by atoms with Crippen molar-refractivity contribution in [3.05, 3.63) is 70.8 Å². The molecule has 0 amide bonds. The molecule has 0 fully saturated rings. The summed E-state index contributed by atoms with van der Waals surface area (Å²) in [5, 5.41) is 3.55. The molecule has 0 radical (unpaired) electrons. The van der Waals surface area contributed by atoms with Crippen molar-refractivity contribution in [2.24, 2.45) is 0 Å². The van der Waals surface area contributed by atoms with Gasteiger partial charge >= 0.3 is 0 Å². The predicted molar refractivity (Wildman–Crippen MR) is 111 cm³/mol. The molecule has 144 valence electrons. The van der Waals surface area contributed by atoms with E-state index in [1.165, 1.54) is 36.8 Å². The van der Waals surface area contributed by atoms with Crippen molar-refractivity contribution in [2.75, 3.05) is 13.7 Å². The number of methoxy groups -OCH3 is 1. The quantitative estimate of drug-likeness (QED) is 0.466. The fourth-order valence-electron chi connectivity index (χ4n) is 3.40. The van der Waals surface area contributed by atoms with E-state index >= 15 is 0 Å². The summed E-state index contributed by atoms with van der Waals surface area (Å²) in [6.07, 6.45) is 8.84. The molecule has 1 aliphatic carbocycles. The minimum atomic E-state index is 0.545. The third-order valence-corrected chi connectivity index (χ3v) is 5.08. The molecule has 3 rings (SSSR count). The van der Waals surface area contributed by atoms with Gasteiger partial charge in [0, 0.05) is 6.54 Å². The number of ether oxygens (including phenoxy) is 2. The van der Waals surface area contributed by atoms with Crippen LogP contribution in [-0.4, -0.2) is 13.7 Å². The van der Waals surface area contributed by atoms with Crippen LogP contribution >= 0.6 is 0 Å². The molecule has 27 heavy (non-hydrogen) atoms. The molecule has 0 saturated carbocycles. The molecular weight excluding hydrogens is 334 g/mol. The highest BCUT2D eigenvalue weighted by molar-refractivity contribution is 5.43. The van der Waals surface area contributed by atoms with Crippen LogP contribution in [0.15, 0.2) is 54.1 Å². The van der Waals surface area contributed by atoms with E-state index in [2.05, 4.69) is 54.7 Å². The Kier molecular flexibility index (Phi) is 7.35. The monoisotopic (exact) mass is 365 g/mol. The third-order valence-electron chi connectivity index (χ3n) is 5.08. The van der Waals surface area contributed by atoms with Crippen molar-refractivity contribution >= 4 is 0 Å². The van der Waals surface area contributed by atoms with E-state index in [0.29, 0.717) is 6.61 Å². The van der Waals surface area contributed by atoms with Crippen LogP contribution in [-0.2, 0) is 13.2 Å². The van der Waals surface area contributed by atoms with Gasteiger partial charge in [0.05, 0.1) is 7.11 Å². The average molecular weight is 366 g/mol. The number of hydrogen-bond acceptors (Lipinski definition) is 3. The normalized spacial score (nSPS) is 13.9. The van der Waals surface area contributed by atoms with Crippen molar-refractivity contribution in [1.82, 2.24) is 5.32 Å². The van der Waals surface area contributed by atoms with Crippen LogP contribution < -0.4 is 14.8 Å². The van der Waals surface area contributed by atoms with Gasteiger partial charge in [-0.1, -0.05) is 47.5 Å². The van der Waals surface area contributed by atoms with Crippen LogP contribution in [0.3, 0.4) is 0 Å². The minimum Gasteiger partial charge on any atom is -0.493 e. The second-order valence-electron chi connectivity index (χ2n) is 7.29. The Balaban J connectivity index is 1.49. The zero-order valence-electron chi connectivity index (χ0n) is 16.6.